The van der Waals surface area contributed by atoms with Gasteiger partial charge in [0.05, 0.1) is 12.6 Å². The molecule has 4 rings (SSSR count). The van der Waals surface area contributed by atoms with E-state index in [1.54, 1.807) is 0 Å². The Morgan fingerprint density at radius 2 is 2.10 bits per heavy atom. The highest BCUT2D eigenvalue weighted by molar-refractivity contribution is 5.84. The van der Waals surface area contributed by atoms with E-state index in [2.05, 4.69) is 24.3 Å². The Kier molecular flexibility index (Phi) is 3.26. The lowest BCUT2D eigenvalue weighted by Gasteiger charge is -2.35. The molecule has 1 N–H and O–H groups in total. The van der Waals surface area contributed by atoms with Crippen LogP contribution in [0, 0.1) is 11.8 Å². The molecule has 2 aliphatic carbocycles. The van der Waals surface area contributed by atoms with Crippen molar-refractivity contribution in [3.8, 4) is 0 Å². The summed E-state index contributed by atoms with van der Waals surface area (Å²) in [7, 11) is 0. The van der Waals surface area contributed by atoms with Gasteiger partial charge in [-0.05, 0) is 55.1 Å². The number of hydrogen-bond donors (Lipinski definition) is 1. The van der Waals surface area contributed by atoms with E-state index in [1.807, 2.05) is 4.90 Å². The SMILES string of the molecule is O=C(C1C2CCc3ccccc3C21)N1CCCCC1CO. The van der Waals surface area contributed by atoms with E-state index < -0.39 is 0 Å². The lowest BCUT2D eigenvalue weighted by molar-refractivity contribution is -0.137. The third-order valence-electron chi connectivity index (χ3n) is 5.74. The number of likely N-dealkylation sites (tertiary alicyclic amines) is 1. The van der Waals surface area contributed by atoms with Gasteiger partial charge in [0.25, 0.3) is 0 Å². The Hall–Kier alpha value is -1.35. The Labute approximate surface area is 126 Å². The lowest BCUT2D eigenvalue weighted by Crippen LogP contribution is -2.46. The average Bonchev–Trinajstić information content (AvgIpc) is 3.29. The van der Waals surface area contributed by atoms with E-state index in [4.69, 9.17) is 0 Å². The van der Waals surface area contributed by atoms with Crippen molar-refractivity contribution in [2.24, 2.45) is 11.8 Å². The van der Waals surface area contributed by atoms with Crippen LogP contribution in [0.15, 0.2) is 24.3 Å². The molecule has 21 heavy (non-hydrogen) atoms. The highest BCUT2D eigenvalue weighted by Gasteiger charge is 2.58. The fraction of sp³-hybridized carbons (Fsp3) is 0.611. The van der Waals surface area contributed by atoms with Gasteiger partial charge >= 0.3 is 0 Å². The molecule has 1 saturated carbocycles. The van der Waals surface area contributed by atoms with Crippen LogP contribution < -0.4 is 0 Å². The molecule has 1 heterocycles. The molecule has 1 aromatic rings. The molecule has 3 heteroatoms. The van der Waals surface area contributed by atoms with Crippen LogP contribution in [-0.2, 0) is 11.2 Å². The Bertz CT molecular complexity index is 556. The molecule has 1 amide bonds. The Balaban J connectivity index is 1.55. The number of rotatable bonds is 2. The van der Waals surface area contributed by atoms with Gasteiger partial charge in [-0.15, -0.1) is 0 Å². The topological polar surface area (TPSA) is 40.5 Å². The fourth-order valence-corrected chi connectivity index (χ4v) is 4.58. The van der Waals surface area contributed by atoms with Gasteiger partial charge in [0, 0.05) is 12.5 Å². The Morgan fingerprint density at radius 1 is 1.24 bits per heavy atom. The van der Waals surface area contributed by atoms with E-state index in [0.717, 1.165) is 38.6 Å². The Morgan fingerprint density at radius 3 is 2.95 bits per heavy atom. The van der Waals surface area contributed by atoms with Crippen molar-refractivity contribution in [2.75, 3.05) is 13.2 Å². The molecule has 4 atom stereocenters. The molecule has 112 valence electrons. The molecule has 3 aliphatic rings. The van der Waals surface area contributed by atoms with Crippen LogP contribution in [0.5, 0.6) is 0 Å². The summed E-state index contributed by atoms with van der Waals surface area (Å²) in [6.07, 6.45) is 5.44. The number of aliphatic hydroxyl groups is 1. The molecule has 0 bridgehead atoms. The van der Waals surface area contributed by atoms with Crippen LogP contribution in [0.4, 0.5) is 0 Å². The van der Waals surface area contributed by atoms with E-state index in [9.17, 15) is 9.90 Å². The third kappa shape index (κ3) is 2.10. The van der Waals surface area contributed by atoms with Crippen molar-refractivity contribution in [3.05, 3.63) is 35.4 Å². The molecule has 3 nitrogen and oxygen atoms in total. The molecule has 1 aliphatic heterocycles. The van der Waals surface area contributed by atoms with Gasteiger partial charge in [-0.2, -0.15) is 0 Å². The summed E-state index contributed by atoms with van der Waals surface area (Å²) in [6, 6.07) is 8.68. The lowest BCUT2D eigenvalue weighted by atomic mass is 9.92. The average molecular weight is 285 g/mol. The van der Waals surface area contributed by atoms with Gasteiger partial charge in [0.1, 0.15) is 0 Å². The number of aliphatic hydroxyl groups excluding tert-OH is 1. The van der Waals surface area contributed by atoms with Crippen molar-refractivity contribution >= 4 is 5.91 Å². The first-order valence-electron chi connectivity index (χ1n) is 8.30. The normalized spacial score (nSPS) is 34.0. The molecule has 1 aromatic carbocycles. The summed E-state index contributed by atoms with van der Waals surface area (Å²) in [5, 5.41) is 9.53. The molecular formula is C18H23NO2. The van der Waals surface area contributed by atoms with Gasteiger partial charge < -0.3 is 10.0 Å². The largest absolute Gasteiger partial charge is 0.394 e. The molecule has 0 aromatic heterocycles. The molecule has 4 unspecified atom stereocenters. The van der Waals surface area contributed by atoms with E-state index in [1.165, 1.54) is 11.1 Å². The number of carbonyl (C=O) groups is 1. The number of nitrogens with zero attached hydrogens (tertiary/aromatic N) is 1. The molecule has 2 fully saturated rings. The highest BCUT2D eigenvalue weighted by Crippen LogP contribution is 2.60. The van der Waals surface area contributed by atoms with Gasteiger partial charge in [0.15, 0.2) is 0 Å². The number of fused-ring (bicyclic) bond motifs is 3. The van der Waals surface area contributed by atoms with Crippen LogP contribution in [0.2, 0.25) is 0 Å². The van der Waals surface area contributed by atoms with Crippen molar-refractivity contribution in [1.82, 2.24) is 4.90 Å². The third-order valence-corrected chi connectivity index (χ3v) is 5.74. The first kappa shape index (κ1) is 13.3. The summed E-state index contributed by atoms with van der Waals surface area (Å²) in [5.41, 5.74) is 2.84. The second kappa shape index (κ2) is 5.13. The summed E-state index contributed by atoms with van der Waals surface area (Å²) in [4.78, 5) is 14.9. The summed E-state index contributed by atoms with van der Waals surface area (Å²) in [5.74, 6) is 1.48. The molecule has 1 saturated heterocycles. The predicted octanol–water partition coefficient (Wildman–Crippen LogP) is 2.34. The van der Waals surface area contributed by atoms with Gasteiger partial charge in [-0.1, -0.05) is 24.3 Å². The molecule has 0 spiro atoms. The maximum absolute atomic E-state index is 12.9. The first-order valence-corrected chi connectivity index (χ1v) is 8.30. The second-order valence-corrected chi connectivity index (χ2v) is 6.82. The minimum Gasteiger partial charge on any atom is -0.394 e. The number of carbonyl (C=O) groups excluding carboxylic acids is 1. The summed E-state index contributed by atoms with van der Waals surface area (Å²) in [6.45, 7) is 0.950. The van der Waals surface area contributed by atoms with E-state index in [0.29, 0.717) is 17.7 Å². The number of piperidine rings is 1. The van der Waals surface area contributed by atoms with Crippen molar-refractivity contribution in [2.45, 2.75) is 44.1 Å². The number of amides is 1. The van der Waals surface area contributed by atoms with Gasteiger partial charge in [0.2, 0.25) is 5.91 Å². The number of hydrogen-bond acceptors (Lipinski definition) is 2. The zero-order chi connectivity index (χ0) is 14.4. The minimum atomic E-state index is 0.0594. The summed E-state index contributed by atoms with van der Waals surface area (Å²) < 4.78 is 0. The van der Waals surface area contributed by atoms with Crippen molar-refractivity contribution < 1.29 is 9.90 Å². The van der Waals surface area contributed by atoms with Gasteiger partial charge in [-0.3, -0.25) is 4.79 Å². The minimum absolute atomic E-state index is 0.0594. The van der Waals surface area contributed by atoms with Crippen LogP contribution in [0.3, 0.4) is 0 Å². The van der Waals surface area contributed by atoms with E-state index >= 15 is 0 Å². The van der Waals surface area contributed by atoms with Crippen LogP contribution in [0.25, 0.3) is 0 Å². The maximum Gasteiger partial charge on any atom is 0.226 e. The zero-order valence-electron chi connectivity index (χ0n) is 12.4. The molecular weight excluding hydrogens is 262 g/mol. The smallest absolute Gasteiger partial charge is 0.226 e. The maximum atomic E-state index is 12.9. The van der Waals surface area contributed by atoms with Crippen LogP contribution >= 0.6 is 0 Å². The zero-order valence-corrected chi connectivity index (χ0v) is 12.4. The fourth-order valence-electron chi connectivity index (χ4n) is 4.58. The van der Waals surface area contributed by atoms with Gasteiger partial charge in [-0.25, -0.2) is 0 Å². The molecule has 0 radical (unpaired) electrons. The monoisotopic (exact) mass is 285 g/mol. The van der Waals surface area contributed by atoms with Crippen molar-refractivity contribution in [3.63, 3.8) is 0 Å². The summed E-state index contributed by atoms with van der Waals surface area (Å²) >= 11 is 0. The number of benzene rings is 1. The van der Waals surface area contributed by atoms with Crippen molar-refractivity contribution in [1.29, 1.82) is 0 Å². The standard InChI is InChI=1S/C18H23NO2/c20-11-13-6-3-4-10-19(13)18(21)17-15-9-8-12-5-1-2-7-14(12)16(15)17/h1-2,5,7,13,15-17,20H,3-4,6,8-11H2. The van der Waals surface area contributed by atoms with E-state index in [-0.39, 0.29) is 18.6 Å². The highest BCUT2D eigenvalue weighted by atomic mass is 16.3. The number of aryl methyl sites for hydroxylation is 1. The van der Waals surface area contributed by atoms with Crippen LogP contribution in [-0.4, -0.2) is 35.1 Å². The van der Waals surface area contributed by atoms with Crippen LogP contribution in [0.1, 0.15) is 42.7 Å². The predicted molar refractivity (Wildman–Crippen MR) is 80.9 cm³/mol. The first-order chi connectivity index (χ1) is 10.3. The quantitative estimate of drug-likeness (QED) is 0.906. The second-order valence-electron chi connectivity index (χ2n) is 6.82.